The third-order valence-electron chi connectivity index (χ3n) is 1.94. The molecule has 0 aliphatic carbocycles. The van der Waals surface area contributed by atoms with Gasteiger partial charge in [0.05, 0.1) is 17.3 Å². The van der Waals surface area contributed by atoms with E-state index in [0.717, 1.165) is 4.47 Å². The van der Waals surface area contributed by atoms with Crippen LogP contribution in [0.1, 0.15) is 23.3 Å². The second-order valence-electron chi connectivity index (χ2n) is 3.20. The van der Waals surface area contributed by atoms with Crippen LogP contribution in [0.3, 0.4) is 0 Å². The quantitative estimate of drug-likeness (QED) is 0.806. The van der Waals surface area contributed by atoms with Crippen LogP contribution in [0, 0.1) is 0 Å². The molecule has 0 N–H and O–H groups in total. The second-order valence-corrected chi connectivity index (χ2v) is 4.12. The molecule has 2 heterocycles. The van der Waals surface area contributed by atoms with E-state index in [1.807, 2.05) is 0 Å². The highest BCUT2D eigenvalue weighted by Crippen LogP contribution is 2.09. The lowest BCUT2D eigenvalue weighted by Gasteiger charge is -1.96. The summed E-state index contributed by atoms with van der Waals surface area (Å²) in [4.78, 5) is 15.4. The van der Waals surface area contributed by atoms with E-state index in [-0.39, 0.29) is 5.69 Å². The van der Waals surface area contributed by atoms with Gasteiger partial charge in [-0.3, -0.25) is 4.68 Å². The zero-order valence-electron chi connectivity index (χ0n) is 9.09. The van der Waals surface area contributed by atoms with E-state index in [1.54, 1.807) is 24.0 Å². The van der Waals surface area contributed by atoms with Crippen LogP contribution < -0.4 is 0 Å². The van der Waals surface area contributed by atoms with Crippen molar-refractivity contribution < 1.29 is 13.9 Å². The highest BCUT2D eigenvalue weighted by Gasteiger charge is 2.13. The van der Waals surface area contributed by atoms with Gasteiger partial charge in [-0.15, -0.1) is 0 Å². The van der Waals surface area contributed by atoms with Crippen molar-refractivity contribution >= 4 is 21.9 Å². The summed E-state index contributed by atoms with van der Waals surface area (Å²) in [6.07, 6.45) is 4.73. The third-order valence-corrected chi connectivity index (χ3v) is 2.34. The summed E-state index contributed by atoms with van der Waals surface area (Å²) in [5, 5.41) is 4.06. The molecule has 6 nitrogen and oxygen atoms in total. The molecule has 0 spiro atoms. The maximum absolute atomic E-state index is 11.3. The van der Waals surface area contributed by atoms with Gasteiger partial charge in [-0.05, 0) is 22.9 Å². The van der Waals surface area contributed by atoms with E-state index in [2.05, 4.69) is 26.0 Å². The van der Waals surface area contributed by atoms with Gasteiger partial charge in [0.1, 0.15) is 12.8 Å². The van der Waals surface area contributed by atoms with Crippen LogP contribution in [0.5, 0.6) is 0 Å². The fraction of sp³-hybridized carbons (Fsp3) is 0.300. The minimum Gasteiger partial charge on any atom is -0.461 e. The number of oxazole rings is 1. The average Bonchev–Trinajstić information content (AvgIpc) is 2.89. The Bertz CT molecular complexity index is 520. The summed E-state index contributed by atoms with van der Waals surface area (Å²) < 4.78 is 12.5. The second kappa shape index (κ2) is 5.13. The van der Waals surface area contributed by atoms with Gasteiger partial charge < -0.3 is 9.15 Å². The van der Waals surface area contributed by atoms with Crippen molar-refractivity contribution in [3.63, 3.8) is 0 Å². The molecular formula is C10H10BrN3O3. The largest absolute Gasteiger partial charge is 0.461 e. The molecule has 0 aromatic carbocycles. The number of hydrogen-bond donors (Lipinski definition) is 0. The first kappa shape index (κ1) is 11.8. The van der Waals surface area contributed by atoms with E-state index >= 15 is 0 Å². The number of nitrogens with zero attached hydrogens (tertiary/aromatic N) is 3. The SMILES string of the molecule is CCOC(=O)c1coc(Cn2cc(Br)cn2)n1. The molecular weight excluding hydrogens is 290 g/mol. The summed E-state index contributed by atoms with van der Waals surface area (Å²) in [5.41, 5.74) is 0.174. The first-order valence-electron chi connectivity index (χ1n) is 4.98. The lowest BCUT2D eigenvalue weighted by Crippen LogP contribution is -2.06. The zero-order valence-corrected chi connectivity index (χ0v) is 10.7. The van der Waals surface area contributed by atoms with Crippen LogP contribution in [0.2, 0.25) is 0 Å². The minimum absolute atomic E-state index is 0.174. The van der Waals surface area contributed by atoms with Gasteiger partial charge in [0, 0.05) is 6.20 Å². The van der Waals surface area contributed by atoms with Crippen molar-refractivity contribution in [3.8, 4) is 0 Å². The van der Waals surface area contributed by atoms with Gasteiger partial charge in [0.2, 0.25) is 5.89 Å². The molecule has 0 saturated heterocycles. The van der Waals surface area contributed by atoms with E-state index < -0.39 is 5.97 Å². The Balaban J connectivity index is 2.06. The smallest absolute Gasteiger partial charge is 0.360 e. The molecule has 0 bridgehead atoms. The number of carbonyl (C=O) groups excluding carboxylic acids is 1. The van der Waals surface area contributed by atoms with Crippen LogP contribution >= 0.6 is 15.9 Å². The number of rotatable bonds is 4. The molecule has 2 rings (SSSR count). The highest BCUT2D eigenvalue weighted by atomic mass is 79.9. The fourth-order valence-corrected chi connectivity index (χ4v) is 1.57. The molecule has 2 aromatic heterocycles. The molecule has 0 atom stereocenters. The molecule has 0 saturated carbocycles. The van der Waals surface area contributed by atoms with Crippen molar-refractivity contribution in [3.05, 3.63) is 34.7 Å². The van der Waals surface area contributed by atoms with Crippen molar-refractivity contribution in [2.45, 2.75) is 13.5 Å². The summed E-state index contributed by atoms with van der Waals surface area (Å²) in [5.74, 6) is -0.0761. The Labute approximate surface area is 106 Å². The highest BCUT2D eigenvalue weighted by molar-refractivity contribution is 9.10. The van der Waals surface area contributed by atoms with Gasteiger partial charge in [-0.25, -0.2) is 9.78 Å². The van der Waals surface area contributed by atoms with Gasteiger partial charge in [-0.2, -0.15) is 5.10 Å². The maximum Gasteiger partial charge on any atom is 0.360 e. The Morgan fingerprint density at radius 3 is 3.12 bits per heavy atom. The average molecular weight is 300 g/mol. The summed E-state index contributed by atoms with van der Waals surface area (Å²) >= 11 is 3.29. The van der Waals surface area contributed by atoms with E-state index in [0.29, 0.717) is 19.0 Å². The van der Waals surface area contributed by atoms with Crippen molar-refractivity contribution in [2.24, 2.45) is 0 Å². The van der Waals surface area contributed by atoms with E-state index in [9.17, 15) is 4.79 Å². The standard InChI is InChI=1S/C10H10BrN3O3/c1-2-16-10(15)8-6-17-9(13-8)5-14-4-7(11)3-12-14/h3-4,6H,2,5H2,1H3. The predicted octanol–water partition coefficient (Wildman–Crippen LogP) is 1.86. The number of carbonyl (C=O) groups is 1. The fourth-order valence-electron chi connectivity index (χ4n) is 1.25. The van der Waals surface area contributed by atoms with E-state index in [1.165, 1.54) is 6.26 Å². The Kier molecular flexibility index (Phi) is 3.58. The predicted molar refractivity (Wildman–Crippen MR) is 61.5 cm³/mol. The zero-order chi connectivity index (χ0) is 12.3. The third kappa shape index (κ3) is 2.94. The van der Waals surface area contributed by atoms with Gasteiger partial charge in [0.25, 0.3) is 0 Å². The van der Waals surface area contributed by atoms with E-state index in [4.69, 9.17) is 9.15 Å². The van der Waals surface area contributed by atoms with Gasteiger partial charge in [0.15, 0.2) is 5.69 Å². The molecule has 0 fully saturated rings. The molecule has 0 aliphatic rings. The molecule has 0 aliphatic heterocycles. The first-order valence-corrected chi connectivity index (χ1v) is 5.78. The minimum atomic E-state index is -0.482. The van der Waals surface area contributed by atoms with Crippen molar-refractivity contribution in [1.29, 1.82) is 0 Å². The number of ether oxygens (including phenoxy) is 1. The topological polar surface area (TPSA) is 70.2 Å². The molecule has 90 valence electrons. The Morgan fingerprint density at radius 2 is 2.47 bits per heavy atom. The van der Waals surface area contributed by atoms with Crippen LogP contribution in [0.15, 0.2) is 27.5 Å². The maximum atomic E-state index is 11.3. The molecule has 0 amide bonds. The van der Waals surface area contributed by atoms with Crippen LogP contribution in [0.25, 0.3) is 0 Å². The number of aromatic nitrogens is 3. The van der Waals surface area contributed by atoms with Crippen molar-refractivity contribution in [2.75, 3.05) is 6.61 Å². The molecule has 17 heavy (non-hydrogen) atoms. The summed E-state index contributed by atoms with van der Waals surface area (Å²) in [6.45, 7) is 2.41. The van der Waals surface area contributed by atoms with Crippen molar-refractivity contribution in [1.82, 2.24) is 14.8 Å². The summed E-state index contributed by atoms with van der Waals surface area (Å²) in [6, 6.07) is 0. The lowest BCUT2D eigenvalue weighted by molar-refractivity contribution is 0.0519. The molecule has 2 aromatic rings. The molecule has 0 unspecified atom stereocenters. The Morgan fingerprint density at radius 1 is 1.65 bits per heavy atom. The monoisotopic (exact) mass is 299 g/mol. The normalized spacial score (nSPS) is 10.5. The van der Waals surface area contributed by atoms with Crippen LogP contribution in [-0.4, -0.2) is 27.3 Å². The van der Waals surface area contributed by atoms with Crippen LogP contribution in [0.4, 0.5) is 0 Å². The summed E-state index contributed by atoms with van der Waals surface area (Å²) in [7, 11) is 0. The van der Waals surface area contributed by atoms with Gasteiger partial charge >= 0.3 is 5.97 Å². The van der Waals surface area contributed by atoms with Crippen LogP contribution in [-0.2, 0) is 11.3 Å². The lowest BCUT2D eigenvalue weighted by atomic mass is 10.5. The first-order chi connectivity index (χ1) is 8.19. The number of esters is 1. The molecule has 0 radical (unpaired) electrons. The number of hydrogen-bond acceptors (Lipinski definition) is 5. The molecule has 7 heteroatoms. The van der Waals surface area contributed by atoms with Gasteiger partial charge in [-0.1, -0.05) is 0 Å². The number of halogens is 1. The Hall–Kier alpha value is -1.63.